The topological polar surface area (TPSA) is 87.3 Å². The Labute approximate surface area is 199 Å². The summed E-state index contributed by atoms with van der Waals surface area (Å²) in [6.07, 6.45) is 0. The van der Waals surface area contributed by atoms with Crippen LogP contribution in [-0.2, 0) is 0 Å². The molecule has 0 aliphatic heterocycles. The number of hydrazine groups is 1. The Morgan fingerprint density at radius 2 is 1.45 bits per heavy atom. The van der Waals surface area contributed by atoms with Crippen molar-refractivity contribution in [2.75, 3.05) is 5.32 Å². The quantitative estimate of drug-likeness (QED) is 0.339. The maximum Gasteiger partial charge on any atom is 0.281 e. The van der Waals surface area contributed by atoms with Crippen LogP contribution in [-0.4, -0.2) is 17.7 Å². The minimum absolute atomic E-state index is 0.237. The number of fused-ring (bicyclic) bond motifs is 1. The fourth-order valence-corrected chi connectivity index (χ4v) is 4.77. The predicted molar refractivity (Wildman–Crippen MR) is 132 cm³/mol. The molecule has 3 N–H and O–H groups in total. The Balaban J connectivity index is 1.37. The largest absolute Gasteiger partial charge is 0.322 e. The van der Waals surface area contributed by atoms with Gasteiger partial charge in [0.2, 0.25) is 0 Å². The Hall–Kier alpha value is -3.68. The van der Waals surface area contributed by atoms with Crippen molar-refractivity contribution in [1.82, 2.24) is 10.9 Å². The number of thiophene rings is 1. The number of hydrogen-bond donors (Lipinski definition) is 3. The standard InChI is InChI=1S/C25H20ClN3O3S/c1-14-4-3-5-17(12-14)23(30)27-18-9-7-16(8-10-18)24(31)28-29-25(32)22-21(26)19-11-6-15(2)13-20(19)33-22/h3-13H,1-2H3,(H,27,30)(H,28,31)(H,29,32). The molecule has 0 aliphatic rings. The third kappa shape index (κ3) is 5.05. The minimum atomic E-state index is -0.493. The number of halogens is 1. The summed E-state index contributed by atoms with van der Waals surface area (Å²) in [5, 5.41) is 3.95. The van der Waals surface area contributed by atoms with Crippen LogP contribution < -0.4 is 16.2 Å². The smallest absolute Gasteiger partial charge is 0.281 e. The lowest BCUT2D eigenvalue weighted by molar-refractivity contribution is 0.0849. The van der Waals surface area contributed by atoms with Crippen LogP contribution in [0.1, 0.15) is 41.5 Å². The summed E-state index contributed by atoms with van der Waals surface area (Å²) >= 11 is 7.62. The first-order chi connectivity index (χ1) is 15.8. The van der Waals surface area contributed by atoms with Gasteiger partial charge in [0.15, 0.2) is 0 Å². The van der Waals surface area contributed by atoms with Crippen LogP contribution in [0, 0.1) is 13.8 Å². The molecule has 4 aromatic rings. The van der Waals surface area contributed by atoms with Crippen LogP contribution in [0.2, 0.25) is 5.02 Å². The average Bonchev–Trinajstić information content (AvgIpc) is 3.13. The van der Waals surface area contributed by atoms with Crippen molar-refractivity contribution in [1.29, 1.82) is 0 Å². The van der Waals surface area contributed by atoms with Gasteiger partial charge in [-0.2, -0.15) is 0 Å². The number of aryl methyl sites for hydroxylation is 2. The highest BCUT2D eigenvalue weighted by molar-refractivity contribution is 7.21. The van der Waals surface area contributed by atoms with Gasteiger partial charge in [0, 0.05) is 26.9 Å². The van der Waals surface area contributed by atoms with Gasteiger partial charge in [-0.15, -0.1) is 11.3 Å². The first-order valence-electron chi connectivity index (χ1n) is 10.1. The molecule has 1 heterocycles. The molecular formula is C25H20ClN3O3S. The molecular weight excluding hydrogens is 458 g/mol. The summed E-state index contributed by atoms with van der Waals surface area (Å²) in [6.45, 7) is 3.88. The molecule has 0 unspecified atom stereocenters. The Morgan fingerprint density at radius 1 is 0.758 bits per heavy atom. The van der Waals surface area contributed by atoms with Crippen LogP contribution >= 0.6 is 22.9 Å². The molecule has 6 nitrogen and oxygen atoms in total. The van der Waals surface area contributed by atoms with Gasteiger partial charge in [0.25, 0.3) is 17.7 Å². The van der Waals surface area contributed by atoms with E-state index in [4.69, 9.17) is 11.6 Å². The molecule has 0 radical (unpaired) electrons. The van der Waals surface area contributed by atoms with Crippen molar-refractivity contribution >= 4 is 56.4 Å². The maximum absolute atomic E-state index is 12.5. The zero-order valence-electron chi connectivity index (χ0n) is 17.9. The number of rotatable bonds is 4. The average molecular weight is 478 g/mol. The monoisotopic (exact) mass is 477 g/mol. The molecule has 0 aliphatic carbocycles. The third-order valence-corrected chi connectivity index (χ3v) is 6.62. The van der Waals surface area contributed by atoms with Gasteiger partial charge in [-0.25, -0.2) is 0 Å². The van der Waals surface area contributed by atoms with Gasteiger partial charge in [-0.3, -0.25) is 25.2 Å². The molecule has 0 spiro atoms. The number of hydrogen-bond acceptors (Lipinski definition) is 4. The molecule has 8 heteroatoms. The van der Waals surface area contributed by atoms with Gasteiger partial charge in [0.05, 0.1) is 5.02 Å². The van der Waals surface area contributed by atoms with E-state index in [9.17, 15) is 14.4 Å². The van der Waals surface area contributed by atoms with Crippen LogP contribution in [0.25, 0.3) is 10.1 Å². The Morgan fingerprint density at radius 3 is 2.18 bits per heavy atom. The molecule has 0 fully saturated rings. The van der Waals surface area contributed by atoms with Gasteiger partial charge < -0.3 is 5.32 Å². The Kier molecular flexibility index (Phi) is 6.44. The second-order valence-electron chi connectivity index (χ2n) is 7.55. The van der Waals surface area contributed by atoms with Crippen molar-refractivity contribution in [2.45, 2.75) is 13.8 Å². The third-order valence-electron chi connectivity index (χ3n) is 4.97. The molecule has 166 valence electrons. The lowest BCUT2D eigenvalue weighted by atomic mass is 10.1. The van der Waals surface area contributed by atoms with Gasteiger partial charge in [0.1, 0.15) is 4.88 Å². The lowest BCUT2D eigenvalue weighted by Gasteiger charge is -2.09. The highest BCUT2D eigenvalue weighted by Gasteiger charge is 2.18. The molecule has 0 saturated heterocycles. The summed E-state index contributed by atoms with van der Waals surface area (Å²) in [4.78, 5) is 37.7. The highest BCUT2D eigenvalue weighted by atomic mass is 35.5. The first-order valence-corrected chi connectivity index (χ1v) is 11.3. The number of carbonyl (C=O) groups excluding carboxylic acids is 3. The zero-order chi connectivity index (χ0) is 23.5. The van der Waals surface area contributed by atoms with Crippen molar-refractivity contribution < 1.29 is 14.4 Å². The van der Waals surface area contributed by atoms with E-state index >= 15 is 0 Å². The fourth-order valence-electron chi connectivity index (χ4n) is 3.26. The van der Waals surface area contributed by atoms with Gasteiger partial charge in [-0.1, -0.05) is 41.4 Å². The van der Waals surface area contributed by atoms with Crippen LogP contribution in [0.5, 0.6) is 0 Å². The summed E-state index contributed by atoms with van der Waals surface area (Å²) in [5.41, 5.74) is 8.28. The van der Waals surface area contributed by atoms with Crippen LogP contribution in [0.4, 0.5) is 5.69 Å². The van der Waals surface area contributed by atoms with Crippen LogP contribution in [0.15, 0.2) is 66.7 Å². The van der Waals surface area contributed by atoms with Gasteiger partial charge >= 0.3 is 0 Å². The number of anilines is 1. The number of amides is 3. The molecule has 4 rings (SSSR count). The van der Waals surface area contributed by atoms with E-state index in [1.807, 2.05) is 44.2 Å². The maximum atomic E-state index is 12.5. The van der Waals surface area contributed by atoms with Crippen LogP contribution in [0.3, 0.4) is 0 Å². The van der Waals surface area contributed by atoms with Crippen molar-refractivity contribution in [3.05, 3.63) is 98.9 Å². The van der Waals surface area contributed by atoms with Gasteiger partial charge in [-0.05, 0) is 61.9 Å². The summed E-state index contributed by atoms with van der Waals surface area (Å²) in [5.74, 6) is -1.22. The van der Waals surface area contributed by atoms with E-state index in [1.54, 1.807) is 36.4 Å². The lowest BCUT2D eigenvalue weighted by Crippen LogP contribution is -2.41. The molecule has 3 amide bonds. The van der Waals surface area contributed by atoms with E-state index in [0.29, 0.717) is 26.7 Å². The summed E-state index contributed by atoms with van der Waals surface area (Å²) in [6, 6.07) is 19.4. The number of benzene rings is 3. The van der Waals surface area contributed by atoms with E-state index in [1.165, 1.54) is 11.3 Å². The molecule has 33 heavy (non-hydrogen) atoms. The molecule has 1 aromatic heterocycles. The second-order valence-corrected chi connectivity index (χ2v) is 8.98. The second kappa shape index (κ2) is 9.44. The SMILES string of the molecule is Cc1cccc(C(=O)Nc2ccc(C(=O)NNC(=O)c3sc4cc(C)ccc4c3Cl)cc2)c1. The zero-order valence-corrected chi connectivity index (χ0v) is 19.4. The number of carbonyl (C=O) groups is 3. The van der Waals surface area contributed by atoms with E-state index in [-0.39, 0.29) is 5.91 Å². The summed E-state index contributed by atoms with van der Waals surface area (Å²) in [7, 11) is 0. The predicted octanol–water partition coefficient (Wildman–Crippen LogP) is 5.50. The highest BCUT2D eigenvalue weighted by Crippen LogP contribution is 2.35. The van der Waals surface area contributed by atoms with E-state index in [2.05, 4.69) is 16.2 Å². The molecule has 0 bridgehead atoms. The van der Waals surface area contributed by atoms with E-state index in [0.717, 1.165) is 21.2 Å². The molecule has 0 saturated carbocycles. The van der Waals surface area contributed by atoms with Crippen molar-refractivity contribution in [2.24, 2.45) is 0 Å². The van der Waals surface area contributed by atoms with Crippen molar-refractivity contribution in [3.8, 4) is 0 Å². The van der Waals surface area contributed by atoms with E-state index < -0.39 is 11.8 Å². The molecule has 0 atom stereocenters. The van der Waals surface area contributed by atoms with Crippen molar-refractivity contribution in [3.63, 3.8) is 0 Å². The number of nitrogens with one attached hydrogen (secondary N) is 3. The Bertz CT molecular complexity index is 1380. The minimum Gasteiger partial charge on any atom is -0.322 e. The first kappa shape index (κ1) is 22.5. The fraction of sp³-hybridized carbons (Fsp3) is 0.0800. The normalized spacial score (nSPS) is 10.6. The molecule has 3 aromatic carbocycles. The summed E-state index contributed by atoms with van der Waals surface area (Å²) < 4.78 is 0.903.